The number of hydrogen-bond acceptors (Lipinski definition) is 1. The van der Waals surface area contributed by atoms with Crippen molar-refractivity contribution in [2.75, 3.05) is 0 Å². The van der Waals surface area contributed by atoms with Crippen molar-refractivity contribution in [3.63, 3.8) is 0 Å². The van der Waals surface area contributed by atoms with Gasteiger partial charge in [-0.05, 0) is 44.4 Å². The Balaban J connectivity index is 2.98. The van der Waals surface area contributed by atoms with Crippen molar-refractivity contribution in [2.45, 2.75) is 40.2 Å². The maximum Gasteiger partial charge on any atom is 0.123 e. The summed E-state index contributed by atoms with van der Waals surface area (Å²) in [5.41, 5.74) is 2.65. The number of benzene rings is 1. The Hall–Kier alpha value is -0.980. The van der Waals surface area contributed by atoms with Crippen LogP contribution in [0.25, 0.3) is 0 Å². The molecule has 1 rings (SSSR count). The van der Waals surface area contributed by atoms with Crippen molar-refractivity contribution in [2.24, 2.45) is 0 Å². The minimum Gasteiger partial charge on any atom is -0.491 e. The Bertz CT molecular complexity index is 276. The lowest BCUT2D eigenvalue weighted by Gasteiger charge is -2.14. The van der Waals surface area contributed by atoms with Crippen molar-refractivity contribution in [3.8, 4) is 5.75 Å². The van der Waals surface area contributed by atoms with Crippen molar-refractivity contribution in [3.05, 3.63) is 29.3 Å². The molecule has 0 fully saturated rings. The smallest absolute Gasteiger partial charge is 0.123 e. The summed E-state index contributed by atoms with van der Waals surface area (Å²) in [6.45, 7) is 8.41. The molecule has 13 heavy (non-hydrogen) atoms. The van der Waals surface area contributed by atoms with Crippen LogP contribution in [0.1, 0.15) is 31.9 Å². The average molecular weight is 178 g/mol. The van der Waals surface area contributed by atoms with Crippen molar-refractivity contribution in [1.29, 1.82) is 0 Å². The topological polar surface area (TPSA) is 9.23 Å². The van der Waals surface area contributed by atoms with Gasteiger partial charge in [-0.2, -0.15) is 0 Å². The molecule has 0 spiro atoms. The van der Waals surface area contributed by atoms with Crippen LogP contribution in [-0.2, 0) is 6.42 Å². The van der Waals surface area contributed by atoms with E-state index in [-0.39, 0.29) is 6.10 Å². The normalized spacial score (nSPS) is 10.5. The minimum absolute atomic E-state index is 0.257. The van der Waals surface area contributed by atoms with Crippen molar-refractivity contribution >= 4 is 0 Å². The quantitative estimate of drug-likeness (QED) is 0.689. The fraction of sp³-hybridized carbons (Fsp3) is 0.500. The molecule has 0 saturated carbocycles. The van der Waals surface area contributed by atoms with Gasteiger partial charge in [-0.3, -0.25) is 0 Å². The highest BCUT2D eigenvalue weighted by Crippen LogP contribution is 2.23. The maximum atomic E-state index is 5.72. The van der Waals surface area contributed by atoms with Gasteiger partial charge in [0.05, 0.1) is 6.10 Å². The van der Waals surface area contributed by atoms with Crippen LogP contribution in [0.3, 0.4) is 0 Å². The van der Waals surface area contributed by atoms with E-state index in [4.69, 9.17) is 4.74 Å². The van der Waals surface area contributed by atoms with E-state index in [0.717, 1.165) is 12.2 Å². The molecular weight excluding hydrogens is 160 g/mol. The highest BCUT2D eigenvalue weighted by atomic mass is 16.5. The van der Waals surface area contributed by atoms with Crippen LogP contribution in [0.15, 0.2) is 18.2 Å². The van der Waals surface area contributed by atoms with Crippen LogP contribution in [0.5, 0.6) is 5.75 Å². The van der Waals surface area contributed by atoms with Gasteiger partial charge in [0.25, 0.3) is 0 Å². The van der Waals surface area contributed by atoms with Gasteiger partial charge in [-0.25, -0.2) is 0 Å². The molecule has 0 N–H and O–H groups in total. The lowest BCUT2D eigenvalue weighted by molar-refractivity contribution is 0.240. The molecule has 1 aromatic rings. The molecule has 0 aliphatic heterocycles. The first-order valence-electron chi connectivity index (χ1n) is 4.90. The van der Waals surface area contributed by atoms with Crippen LogP contribution < -0.4 is 4.74 Å². The van der Waals surface area contributed by atoms with Crippen LogP contribution in [0, 0.1) is 6.92 Å². The zero-order valence-electron chi connectivity index (χ0n) is 8.92. The van der Waals surface area contributed by atoms with Crippen molar-refractivity contribution < 1.29 is 4.74 Å². The molecule has 0 aromatic heterocycles. The highest BCUT2D eigenvalue weighted by Gasteiger charge is 2.05. The first kappa shape index (κ1) is 10.1. The Morgan fingerprint density at radius 2 is 2.00 bits per heavy atom. The number of rotatable bonds is 3. The molecule has 0 amide bonds. The Morgan fingerprint density at radius 1 is 1.31 bits per heavy atom. The summed E-state index contributed by atoms with van der Waals surface area (Å²) in [6, 6.07) is 6.23. The predicted octanol–water partition coefficient (Wildman–Crippen LogP) is 3.34. The SMILES string of the molecule is CCc1c(C)cccc1OC(C)C. The van der Waals surface area contributed by atoms with Gasteiger partial charge in [0.2, 0.25) is 0 Å². The standard InChI is InChI=1S/C12H18O/c1-5-11-10(4)7-6-8-12(11)13-9(2)3/h6-9H,5H2,1-4H3. The molecule has 1 aromatic carbocycles. The first-order valence-corrected chi connectivity index (χ1v) is 4.90. The molecule has 72 valence electrons. The van der Waals surface area contributed by atoms with Gasteiger partial charge in [0.15, 0.2) is 0 Å². The molecule has 0 atom stereocenters. The third kappa shape index (κ3) is 2.48. The Kier molecular flexibility index (Phi) is 3.35. The molecule has 1 heteroatoms. The maximum absolute atomic E-state index is 5.72. The molecule has 0 unspecified atom stereocenters. The van der Waals surface area contributed by atoms with Gasteiger partial charge in [0.1, 0.15) is 5.75 Å². The largest absolute Gasteiger partial charge is 0.491 e. The van der Waals surface area contributed by atoms with Gasteiger partial charge in [-0.1, -0.05) is 19.1 Å². The highest BCUT2D eigenvalue weighted by molar-refractivity contribution is 5.39. The third-order valence-corrected chi connectivity index (χ3v) is 2.08. The molecule has 0 bridgehead atoms. The molecule has 0 aliphatic carbocycles. The number of hydrogen-bond donors (Lipinski definition) is 0. The van der Waals surface area contributed by atoms with E-state index >= 15 is 0 Å². The van der Waals surface area contributed by atoms with Crippen molar-refractivity contribution in [1.82, 2.24) is 0 Å². The van der Waals surface area contributed by atoms with Crippen LogP contribution in [-0.4, -0.2) is 6.10 Å². The van der Waals surface area contributed by atoms with E-state index in [9.17, 15) is 0 Å². The number of ether oxygens (including phenoxy) is 1. The number of aryl methyl sites for hydroxylation is 1. The van der Waals surface area contributed by atoms with E-state index in [1.165, 1.54) is 11.1 Å². The lowest BCUT2D eigenvalue weighted by atomic mass is 10.1. The summed E-state index contributed by atoms with van der Waals surface area (Å²) in [5, 5.41) is 0. The second kappa shape index (κ2) is 4.31. The third-order valence-electron chi connectivity index (χ3n) is 2.08. The molecule has 0 saturated heterocycles. The average Bonchev–Trinajstić information content (AvgIpc) is 2.03. The van der Waals surface area contributed by atoms with E-state index < -0.39 is 0 Å². The van der Waals surface area contributed by atoms with Gasteiger partial charge < -0.3 is 4.74 Å². The van der Waals surface area contributed by atoms with E-state index in [1.807, 2.05) is 12.1 Å². The van der Waals surface area contributed by atoms with E-state index in [2.05, 4.69) is 33.8 Å². The minimum atomic E-state index is 0.257. The summed E-state index contributed by atoms with van der Waals surface area (Å²) in [6.07, 6.45) is 1.29. The first-order chi connectivity index (χ1) is 6.15. The summed E-state index contributed by atoms with van der Waals surface area (Å²) in [7, 11) is 0. The van der Waals surface area contributed by atoms with E-state index in [1.54, 1.807) is 0 Å². The Morgan fingerprint density at radius 3 is 2.54 bits per heavy atom. The zero-order chi connectivity index (χ0) is 9.84. The zero-order valence-corrected chi connectivity index (χ0v) is 8.92. The van der Waals surface area contributed by atoms with E-state index in [0.29, 0.717) is 0 Å². The molecule has 1 nitrogen and oxygen atoms in total. The van der Waals surface area contributed by atoms with Gasteiger partial charge in [-0.15, -0.1) is 0 Å². The fourth-order valence-electron chi connectivity index (χ4n) is 1.49. The van der Waals surface area contributed by atoms with Crippen LogP contribution >= 0.6 is 0 Å². The van der Waals surface area contributed by atoms with Gasteiger partial charge >= 0.3 is 0 Å². The van der Waals surface area contributed by atoms with Gasteiger partial charge in [0, 0.05) is 0 Å². The molecule has 0 radical (unpaired) electrons. The second-order valence-electron chi connectivity index (χ2n) is 3.57. The summed E-state index contributed by atoms with van der Waals surface area (Å²) >= 11 is 0. The fourth-order valence-corrected chi connectivity index (χ4v) is 1.49. The monoisotopic (exact) mass is 178 g/mol. The summed E-state index contributed by atoms with van der Waals surface area (Å²) in [5.74, 6) is 1.04. The molecule has 0 heterocycles. The summed E-state index contributed by atoms with van der Waals surface area (Å²) in [4.78, 5) is 0. The predicted molar refractivity (Wildman–Crippen MR) is 56.3 cm³/mol. The molecule has 0 aliphatic rings. The van der Waals surface area contributed by atoms with Crippen LogP contribution in [0.2, 0.25) is 0 Å². The van der Waals surface area contributed by atoms with Crippen LogP contribution in [0.4, 0.5) is 0 Å². The lowest BCUT2D eigenvalue weighted by Crippen LogP contribution is -2.07. The Labute approximate surface area is 80.7 Å². The summed E-state index contributed by atoms with van der Waals surface area (Å²) < 4.78 is 5.72. The molecular formula is C12H18O. The second-order valence-corrected chi connectivity index (χ2v) is 3.57.